The molecular weight excluding hydrogens is 327 g/mol. The van der Waals surface area contributed by atoms with Gasteiger partial charge in [-0.3, -0.25) is 0 Å². The molecule has 0 bridgehead atoms. The Morgan fingerprint density at radius 3 is 1.50 bits per heavy atom. The van der Waals surface area contributed by atoms with E-state index in [1.54, 1.807) is 0 Å². The quantitative estimate of drug-likeness (QED) is 0.542. The van der Waals surface area contributed by atoms with Gasteiger partial charge in [0.2, 0.25) is 0 Å². The van der Waals surface area contributed by atoms with E-state index in [1.807, 2.05) is 48.6 Å². The second-order valence-electron chi connectivity index (χ2n) is 4.82. The lowest BCUT2D eigenvalue weighted by molar-refractivity contribution is 0.275. The molecule has 24 heavy (non-hydrogen) atoms. The minimum atomic E-state index is -4.64. The van der Waals surface area contributed by atoms with E-state index in [4.69, 9.17) is 24.0 Å². The molecule has 0 aromatic heterocycles. The highest BCUT2D eigenvalue weighted by atomic mass is 31.2. The third kappa shape index (κ3) is 7.90. The Balaban J connectivity index is 0.000000505. The highest BCUT2D eigenvalue weighted by Gasteiger charge is 2.06. The van der Waals surface area contributed by atoms with Gasteiger partial charge in [-0.05, 0) is 36.1 Å². The van der Waals surface area contributed by atoms with Crippen LogP contribution in [0, 0.1) is 0 Å². The minimum absolute atomic E-state index is 0.805. The van der Waals surface area contributed by atoms with E-state index < -0.39 is 7.82 Å². The molecule has 0 unspecified atom stereocenters. The highest BCUT2D eigenvalue weighted by Crippen LogP contribution is 2.29. The first-order valence-corrected chi connectivity index (χ1v) is 8.75. The summed E-state index contributed by atoms with van der Waals surface area (Å²) in [6, 6.07) is 16.1. The standard InChI is InChI=1S/C18H18O.H3O4P/c1-3-9-15-11-5-7-13-17(15)19-18-14-8-6-12-16(18)10-4-2;1-5(2,3)4/h3-8,11-14H,1-2,9-10H2;(H3,1,2,3,4). The molecule has 128 valence electrons. The Morgan fingerprint density at radius 1 is 0.833 bits per heavy atom. The molecule has 0 aliphatic rings. The number of hydrogen-bond donors (Lipinski definition) is 3. The zero-order valence-electron chi connectivity index (χ0n) is 13.2. The minimum Gasteiger partial charge on any atom is -0.457 e. The average Bonchev–Trinajstić information content (AvgIpc) is 2.50. The summed E-state index contributed by atoms with van der Waals surface area (Å²) in [5, 5.41) is 0. The summed E-state index contributed by atoms with van der Waals surface area (Å²) in [6.45, 7) is 7.56. The summed E-state index contributed by atoms with van der Waals surface area (Å²) >= 11 is 0. The first-order chi connectivity index (χ1) is 11.3. The molecule has 0 saturated heterocycles. The summed E-state index contributed by atoms with van der Waals surface area (Å²) in [5.41, 5.74) is 2.29. The SMILES string of the molecule is C=CCc1ccccc1Oc1ccccc1CC=C.O=P(O)(O)O. The summed E-state index contributed by atoms with van der Waals surface area (Å²) in [5.74, 6) is 1.78. The molecule has 6 heteroatoms. The third-order valence-corrected chi connectivity index (χ3v) is 2.89. The number of benzene rings is 2. The van der Waals surface area contributed by atoms with Crippen molar-refractivity contribution in [1.29, 1.82) is 0 Å². The van der Waals surface area contributed by atoms with Crippen molar-refractivity contribution in [3.05, 3.63) is 85.0 Å². The zero-order chi connectivity index (χ0) is 18.0. The van der Waals surface area contributed by atoms with E-state index >= 15 is 0 Å². The van der Waals surface area contributed by atoms with Crippen molar-refractivity contribution in [2.45, 2.75) is 12.8 Å². The molecule has 0 aliphatic carbocycles. The monoisotopic (exact) mass is 348 g/mol. The Morgan fingerprint density at radius 2 is 1.17 bits per heavy atom. The molecule has 0 spiro atoms. The molecule has 0 aliphatic heterocycles. The van der Waals surface area contributed by atoms with Crippen LogP contribution >= 0.6 is 7.82 Å². The van der Waals surface area contributed by atoms with Crippen molar-refractivity contribution in [3.8, 4) is 11.5 Å². The van der Waals surface area contributed by atoms with Crippen LogP contribution in [0.1, 0.15) is 11.1 Å². The molecule has 2 aromatic rings. The van der Waals surface area contributed by atoms with Crippen molar-refractivity contribution in [1.82, 2.24) is 0 Å². The Kier molecular flexibility index (Phi) is 8.16. The maximum absolute atomic E-state index is 8.88. The van der Waals surface area contributed by atoms with Crippen molar-refractivity contribution in [2.75, 3.05) is 0 Å². The molecule has 0 atom stereocenters. The van der Waals surface area contributed by atoms with Gasteiger partial charge < -0.3 is 19.4 Å². The Bertz CT molecular complexity index is 661. The summed E-state index contributed by atoms with van der Waals surface area (Å²) in [6.07, 6.45) is 5.38. The number of ether oxygens (including phenoxy) is 1. The molecule has 0 fully saturated rings. The lowest BCUT2D eigenvalue weighted by atomic mass is 10.1. The molecule has 2 rings (SSSR count). The smallest absolute Gasteiger partial charge is 0.457 e. The lowest BCUT2D eigenvalue weighted by Gasteiger charge is -2.12. The van der Waals surface area contributed by atoms with E-state index in [2.05, 4.69) is 25.3 Å². The van der Waals surface area contributed by atoms with Gasteiger partial charge in [0.25, 0.3) is 0 Å². The molecule has 0 radical (unpaired) electrons. The van der Waals surface area contributed by atoms with Gasteiger partial charge in [-0.15, -0.1) is 13.2 Å². The Labute approximate surface area is 141 Å². The van der Waals surface area contributed by atoms with Gasteiger partial charge in [0.05, 0.1) is 0 Å². The normalized spacial score (nSPS) is 10.3. The second-order valence-corrected chi connectivity index (χ2v) is 5.84. The number of allylic oxidation sites excluding steroid dienone is 2. The fourth-order valence-electron chi connectivity index (χ4n) is 1.97. The zero-order valence-corrected chi connectivity index (χ0v) is 14.1. The molecular formula is C18H21O5P. The number of phosphoric acid groups is 1. The van der Waals surface area contributed by atoms with Gasteiger partial charge in [-0.25, -0.2) is 4.57 Å². The number of hydrogen-bond acceptors (Lipinski definition) is 2. The molecule has 2 aromatic carbocycles. The molecule has 3 N–H and O–H groups in total. The van der Waals surface area contributed by atoms with Crippen molar-refractivity contribution in [2.24, 2.45) is 0 Å². The van der Waals surface area contributed by atoms with Crippen molar-refractivity contribution in [3.63, 3.8) is 0 Å². The van der Waals surface area contributed by atoms with Crippen LogP contribution in [0.25, 0.3) is 0 Å². The van der Waals surface area contributed by atoms with Gasteiger partial charge in [0, 0.05) is 0 Å². The summed E-state index contributed by atoms with van der Waals surface area (Å²) < 4.78 is 14.9. The maximum Gasteiger partial charge on any atom is 0.466 e. The first-order valence-electron chi connectivity index (χ1n) is 7.19. The maximum atomic E-state index is 8.88. The molecule has 0 amide bonds. The topological polar surface area (TPSA) is 87.0 Å². The van der Waals surface area contributed by atoms with Crippen molar-refractivity contribution < 1.29 is 24.0 Å². The van der Waals surface area contributed by atoms with E-state index in [-0.39, 0.29) is 0 Å². The predicted molar refractivity (Wildman–Crippen MR) is 95.0 cm³/mol. The van der Waals surface area contributed by atoms with Gasteiger partial charge >= 0.3 is 7.82 Å². The van der Waals surface area contributed by atoms with Crippen LogP contribution in [0.3, 0.4) is 0 Å². The summed E-state index contributed by atoms with van der Waals surface area (Å²) in [4.78, 5) is 21.6. The number of rotatable bonds is 6. The molecule has 5 nitrogen and oxygen atoms in total. The van der Waals surface area contributed by atoms with E-state index in [9.17, 15) is 0 Å². The van der Waals surface area contributed by atoms with Crippen LogP contribution in [-0.2, 0) is 17.4 Å². The lowest BCUT2D eigenvalue weighted by Crippen LogP contribution is -1.93. The third-order valence-electron chi connectivity index (χ3n) is 2.89. The van der Waals surface area contributed by atoms with Crippen LogP contribution in [0.5, 0.6) is 11.5 Å². The fraction of sp³-hybridized carbons (Fsp3) is 0.111. The average molecular weight is 348 g/mol. The van der Waals surface area contributed by atoms with E-state index in [0.29, 0.717) is 0 Å². The van der Waals surface area contributed by atoms with Gasteiger partial charge in [-0.1, -0.05) is 48.6 Å². The largest absolute Gasteiger partial charge is 0.466 e. The van der Waals surface area contributed by atoms with Crippen LogP contribution in [-0.4, -0.2) is 14.7 Å². The van der Waals surface area contributed by atoms with E-state index in [1.165, 1.54) is 0 Å². The van der Waals surface area contributed by atoms with Gasteiger partial charge in [0.15, 0.2) is 0 Å². The summed E-state index contributed by atoms with van der Waals surface area (Å²) in [7, 11) is -4.64. The Hall–Kier alpha value is -2.17. The molecule has 0 saturated carbocycles. The first kappa shape index (κ1) is 19.9. The predicted octanol–water partition coefficient (Wildman–Crippen LogP) is 4.01. The second kappa shape index (κ2) is 9.85. The van der Waals surface area contributed by atoms with Crippen LogP contribution in [0.2, 0.25) is 0 Å². The highest BCUT2D eigenvalue weighted by molar-refractivity contribution is 7.45. The van der Waals surface area contributed by atoms with Crippen LogP contribution in [0.15, 0.2) is 73.8 Å². The molecule has 0 heterocycles. The van der Waals surface area contributed by atoms with Crippen LogP contribution in [0.4, 0.5) is 0 Å². The van der Waals surface area contributed by atoms with Gasteiger partial charge in [-0.2, -0.15) is 0 Å². The van der Waals surface area contributed by atoms with Crippen LogP contribution < -0.4 is 4.74 Å². The van der Waals surface area contributed by atoms with Gasteiger partial charge in [0.1, 0.15) is 11.5 Å². The van der Waals surface area contributed by atoms with E-state index in [0.717, 1.165) is 35.5 Å². The fourth-order valence-corrected chi connectivity index (χ4v) is 1.97. The number of para-hydroxylation sites is 2. The van der Waals surface area contributed by atoms with Crippen molar-refractivity contribution >= 4 is 7.82 Å².